The van der Waals surface area contributed by atoms with Crippen LogP contribution in [0.2, 0.25) is 0 Å². The lowest BCUT2D eigenvalue weighted by atomic mass is 9.93. The van der Waals surface area contributed by atoms with Crippen molar-refractivity contribution in [2.45, 2.75) is 57.9 Å². The van der Waals surface area contributed by atoms with Crippen LogP contribution in [0.15, 0.2) is 17.2 Å². The number of anilines is 2. The molecule has 0 saturated heterocycles. The first kappa shape index (κ1) is 21.5. The first-order chi connectivity index (χ1) is 15.8. The van der Waals surface area contributed by atoms with Gasteiger partial charge in [0.2, 0.25) is 5.43 Å². The molecule has 1 saturated carbocycles. The number of ether oxygens (including phenoxy) is 1. The summed E-state index contributed by atoms with van der Waals surface area (Å²) in [5.41, 5.74) is 7.84. The van der Waals surface area contributed by atoms with Crippen LogP contribution in [0, 0.1) is 12.7 Å². The van der Waals surface area contributed by atoms with Crippen LogP contribution in [0.3, 0.4) is 0 Å². The summed E-state index contributed by atoms with van der Waals surface area (Å²) >= 11 is 0. The Morgan fingerprint density at radius 3 is 2.82 bits per heavy atom. The molecule has 0 bridgehead atoms. The standard InChI is InChI=1S/C24H28FN5O3/c1-13-15(10-28-29-13)6-5-9-27-20-18(25)19(26)17-21-23(20)33-12-24(7-3-4-8-24)30(21)11-16(14(2)31)22(17)32/h10-11,27H,3-9,12,26H2,1-2H3,(H,28,29). The Labute approximate surface area is 190 Å². The highest BCUT2D eigenvalue weighted by Crippen LogP contribution is 2.48. The van der Waals surface area contributed by atoms with Crippen LogP contribution in [0.4, 0.5) is 15.8 Å². The van der Waals surface area contributed by atoms with Crippen molar-refractivity contribution < 1.29 is 13.9 Å². The van der Waals surface area contributed by atoms with Gasteiger partial charge in [0.15, 0.2) is 17.3 Å². The number of aromatic nitrogens is 3. The Bertz CT molecular complexity index is 1320. The van der Waals surface area contributed by atoms with Gasteiger partial charge in [0.05, 0.1) is 33.9 Å². The molecule has 9 heteroatoms. The first-order valence-corrected chi connectivity index (χ1v) is 11.4. The summed E-state index contributed by atoms with van der Waals surface area (Å²) in [7, 11) is 0. The molecule has 1 spiro atoms. The molecule has 0 unspecified atom stereocenters. The van der Waals surface area contributed by atoms with Gasteiger partial charge in [-0.1, -0.05) is 12.8 Å². The predicted octanol–water partition coefficient (Wildman–Crippen LogP) is 3.66. The van der Waals surface area contributed by atoms with E-state index in [1.807, 2.05) is 11.5 Å². The van der Waals surface area contributed by atoms with Crippen molar-refractivity contribution in [3.8, 4) is 5.75 Å². The van der Waals surface area contributed by atoms with Gasteiger partial charge in [0.25, 0.3) is 0 Å². The molecule has 4 N–H and O–H groups in total. The van der Waals surface area contributed by atoms with E-state index in [-0.39, 0.29) is 33.6 Å². The second-order valence-electron chi connectivity index (χ2n) is 9.22. The van der Waals surface area contributed by atoms with Gasteiger partial charge in [-0.3, -0.25) is 14.7 Å². The maximum Gasteiger partial charge on any atom is 0.202 e. The SMILES string of the molecule is CC(=O)c1cn2c3c(c(NCCCc4cn[nH]c4C)c(F)c(N)c3c1=O)OCC21CCCC1. The average Bonchev–Trinajstić information content (AvgIpc) is 3.42. The minimum atomic E-state index is -0.719. The third kappa shape index (κ3) is 3.29. The highest BCUT2D eigenvalue weighted by atomic mass is 19.1. The lowest BCUT2D eigenvalue weighted by molar-refractivity contribution is 0.101. The number of nitrogens with two attached hydrogens (primary N) is 1. The lowest BCUT2D eigenvalue weighted by Gasteiger charge is -2.39. The van der Waals surface area contributed by atoms with E-state index in [1.165, 1.54) is 6.92 Å². The molecule has 1 fully saturated rings. The van der Waals surface area contributed by atoms with E-state index in [0.29, 0.717) is 24.4 Å². The molecule has 0 atom stereocenters. The number of carbonyl (C=O) groups is 1. The molecule has 2 aromatic heterocycles. The van der Waals surface area contributed by atoms with Gasteiger partial charge in [-0.15, -0.1) is 0 Å². The summed E-state index contributed by atoms with van der Waals surface area (Å²) in [4.78, 5) is 25.4. The van der Waals surface area contributed by atoms with Crippen molar-refractivity contribution in [1.29, 1.82) is 0 Å². The molecular formula is C24H28FN5O3. The Balaban J connectivity index is 1.61. The van der Waals surface area contributed by atoms with E-state index >= 15 is 4.39 Å². The number of pyridine rings is 1. The molecule has 0 radical (unpaired) electrons. The fourth-order valence-corrected chi connectivity index (χ4v) is 5.29. The number of nitrogen functional groups attached to an aromatic ring is 1. The largest absolute Gasteiger partial charge is 0.487 e. The number of nitrogens with zero attached hydrogens (tertiary/aromatic N) is 2. The number of benzene rings is 1. The lowest BCUT2D eigenvalue weighted by Crippen LogP contribution is -2.42. The maximum atomic E-state index is 15.5. The quantitative estimate of drug-likeness (QED) is 0.298. The Morgan fingerprint density at radius 2 is 2.15 bits per heavy atom. The minimum absolute atomic E-state index is 0.0285. The number of Topliss-reactive ketones (excluding diaryl/α,β-unsaturated/α-hetero) is 1. The number of hydrogen-bond donors (Lipinski definition) is 3. The molecule has 0 amide bonds. The minimum Gasteiger partial charge on any atom is -0.487 e. The molecule has 3 aromatic rings. The fourth-order valence-electron chi connectivity index (χ4n) is 5.29. The van der Waals surface area contributed by atoms with Crippen molar-refractivity contribution >= 4 is 28.1 Å². The van der Waals surface area contributed by atoms with Gasteiger partial charge in [0.1, 0.15) is 12.3 Å². The zero-order valence-corrected chi connectivity index (χ0v) is 18.9. The number of ketones is 1. The van der Waals surface area contributed by atoms with Crippen LogP contribution in [-0.4, -0.2) is 33.7 Å². The van der Waals surface area contributed by atoms with E-state index in [1.54, 1.807) is 12.4 Å². The zero-order chi connectivity index (χ0) is 23.3. The van der Waals surface area contributed by atoms with Crippen LogP contribution < -0.4 is 21.2 Å². The summed E-state index contributed by atoms with van der Waals surface area (Å²) in [6, 6.07) is 0. The summed E-state index contributed by atoms with van der Waals surface area (Å²) in [6.45, 7) is 4.16. The predicted molar refractivity (Wildman–Crippen MR) is 125 cm³/mol. The molecule has 5 rings (SSSR count). The molecule has 1 aromatic carbocycles. The summed E-state index contributed by atoms with van der Waals surface area (Å²) in [5.74, 6) is -0.784. The van der Waals surface area contributed by atoms with Gasteiger partial charge in [0, 0.05) is 18.4 Å². The maximum absolute atomic E-state index is 15.5. The van der Waals surface area contributed by atoms with Gasteiger partial charge >= 0.3 is 0 Å². The highest BCUT2D eigenvalue weighted by Gasteiger charge is 2.42. The van der Waals surface area contributed by atoms with Gasteiger partial charge < -0.3 is 20.4 Å². The van der Waals surface area contributed by atoms with Crippen molar-refractivity contribution in [2.75, 3.05) is 24.2 Å². The number of fused-ring (bicyclic) bond motifs is 1. The highest BCUT2D eigenvalue weighted by molar-refractivity contribution is 6.04. The van der Waals surface area contributed by atoms with Crippen LogP contribution in [0.25, 0.3) is 10.9 Å². The van der Waals surface area contributed by atoms with Crippen LogP contribution in [-0.2, 0) is 12.0 Å². The van der Waals surface area contributed by atoms with E-state index in [9.17, 15) is 9.59 Å². The summed E-state index contributed by atoms with van der Waals surface area (Å²) in [6.07, 6.45) is 8.74. The topological polar surface area (TPSA) is 115 Å². The molecule has 1 aliphatic carbocycles. The number of H-pyrrole nitrogens is 1. The monoisotopic (exact) mass is 453 g/mol. The van der Waals surface area contributed by atoms with E-state index in [0.717, 1.165) is 49.8 Å². The molecule has 1 aliphatic heterocycles. The molecule has 3 heterocycles. The van der Waals surface area contributed by atoms with Crippen LogP contribution >= 0.6 is 0 Å². The zero-order valence-electron chi connectivity index (χ0n) is 18.9. The van der Waals surface area contributed by atoms with Crippen molar-refractivity contribution in [3.63, 3.8) is 0 Å². The van der Waals surface area contributed by atoms with Crippen molar-refractivity contribution in [1.82, 2.24) is 14.8 Å². The third-order valence-electron chi connectivity index (χ3n) is 7.14. The Kier molecular flexibility index (Phi) is 5.14. The molecule has 33 heavy (non-hydrogen) atoms. The van der Waals surface area contributed by atoms with Crippen LogP contribution in [0.5, 0.6) is 5.75 Å². The van der Waals surface area contributed by atoms with Crippen molar-refractivity contribution in [3.05, 3.63) is 45.3 Å². The van der Waals surface area contributed by atoms with Crippen molar-refractivity contribution in [2.24, 2.45) is 0 Å². The molecule has 174 valence electrons. The van der Waals surface area contributed by atoms with Crippen LogP contribution in [0.1, 0.15) is 60.6 Å². The summed E-state index contributed by atoms with van der Waals surface area (Å²) in [5, 5.41) is 10.1. The van der Waals surface area contributed by atoms with Gasteiger partial charge in [-0.25, -0.2) is 4.39 Å². The number of carbonyl (C=O) groups excluding carboxylic acids is 1. The molecule has 2 aliphatic rings. The third-order valence-corrected chi connectivity index (χ3v) is 7.14. The number of aryl methyl sites for hydroxylation is 2. The average molecular weight is 454 g/mol. The first-order valence-electron chi connectivity index (χ1n) is 11.4. The summed E-state index contributed by atoms with van der Waals surface area (Å²) < 4.78 is 23.6. The van der Waals surface area contributed by atoms with E-state index in [2.05, 4.69) is 15.5 Å². The Morgan fingerprint density at radius 1 is 1.39 bits per heavy atom. The fraction of sp³-hybridized carbons (Fsp3) is 0.458. The number of rotatable bonds is 6. The Hall–Kier alpha value is -3.36. The number of aromatic amines is 1. The van der Waals surface area contributed by atoms with Gasteiger partial charge in [-0.2, -0.15) is 5.10 Å². The van der Waals surface area contributed by atoms with Gasteiger partial charge in [-0.05, 0) is 45.1 Å². The number of hydrogen-bond acceptors (Lipinski definition) is 6. The van der Waals surface area contributed by atoms with E-state index in [4.69, 9.17) is 10.5 Å². The smallest absolute Gasteiger partial charge is 0.202 e. The molecule has 8 nitrogen and oxygen atoms in total. The second-order valence-corrected chi connectivity index (χ2v) is 9.22. The molecular weight excluding hydrogens is 425 g/mol. The number of nitrogens with one attached hydrogen (secondary N) is 2. The number of halogens is 1. The normalized spacial score (nSPS) is 16.3. The second kappa shape index (κ2) is 7.90. The van der Waals surface area contributed by atoms with E-state index < -0.39 is 11.2 Å².